The van der Waals surface area contributed by atoms with Gasteiger partial charge in [-0.25, -0.2) is 0 Å². The van der Waals surface area contributed by atoms with Gasteiger partial charge in [0.05, 0.1) is 5.75 Å². The molecule has 3 nitrogen and oxygen atoms in total. The summed E-state index contributed by atoms with van der Waals surface area (Å²) in [5, 5.41) is 3.63. The normalized spacial score (nSPS) is 12.6. The van der Waals surface area contributed by atoms with Gasteiger partial charge in [0.15, 0.2) is 5.82 Å². The summed E-state index contributed by atoms with van der Waals surface area (Å²) in [6.07, 6.45) is 0. The fourth-order valence-electron chi connectivity index (χ4n) is 1.17. The molecular weight excluding hydrogens is 324 g/mol. The average molecular weight is 334 g/mol. The van der Waals surface area contributed by atoms with Crippen molar-refractivity contribution in [3.63, 3.8) is 0 Å². The van der Waals surface area contributed by atoms with Gasteiger partial charge in [0, 0.05) is 9.37 Å². The van der Waals surface area contributed by atoms with Gasteiger partial charge in [-0.15, -0.1) is 23.4 Å². The molecule has 0 amide bonds. The van der Waals surface area contributed by atoms with E-state index in [-0.39, 0.29) is 5.38 Å². The lowest BCUT2D eigenvalue weighted by Crippen LogP contribution is -1.86. The van der Waals surface area contributed by atoms with E-state index in [9.17, 15) is 0 Å². The summed E-state index contributed by atoms with van der Waals surface area (Å²) in [4.78, 5) is 5.37. The lowest BCUT2D eigenvalue weighted by atomic mass is 10.4. The predicted molar refractivity (Wildman–Crippen MR) is 72.3 cm³/mol. The topological polar surface area (TPSA) is 38.9 Å². The summed E-state index contributed by atoms with van der Waals surface area (Å²) in [5.74, 6) is 1.81. The van der Waals surface area contributed by atoms with Gasteiger partial charge in [0.25, 0.3) is 0 Å². The molecule has 0 bridgehead atoms. The maximum atomic E-state index is 5.84. The van der Waals surface area contributed by atoms with Gasteiger partial charge in [-0.05, 0) is 31.2 Å². The summed E-state index contributed by atoms with van der Waals surface area (Å²) in [7, 11) is 0. The standard InChI is InChI=1S/C11H10BrClN2OS/c1-7(13)11-14-10(15-16-11)6-17-9-4-2-8(12)3-5-9/h2-5,7H,6H2,1H3. The molecule has 0 saturated carbocycles. The number of alkyl halides is 1. The molecule has 90 valence electrons. The average Bonchev–Trinajstić information content (AvgIpc) is 2.77. The Morgan fingerprint density at radius 1 is 1.41 bits per heavy atom. The second kappa shape index (κ2) is 5.89. The number of halogens is 2. The van der Waals surface area contributed by atoms with Crippen LogP contribution in [0.2, 0.25) is 0 Å². The molecule has 17 heavy (non-hydrogen) atoms. The zero-order valence-electron chi connectivity index (χ0n) is 9.06. The third-order valence-electron chi connectivity index (χ3n) is 2.01. The molecule has 1 unspecified atom stereocenters. The molecule has 2 rings (SSSR count). The largest absolute Gasteiger partial charge is 0.338 e. The number of hydrogen-bond acceptors (Lipinski definition) is 4. The maximum Gasteiger partial charge on any atom is 0.244 e. The highest BCUT2D eigenvalue weighted by Gasteiger charge is 2.11. The maximum absolute atomic E-state index is 5.84. The molecule has 1 heterocycles. The molecule has 6 heteroatoms. The van der Waals surface area contributed by atoms with E-state index >= 15 is 0 Å². The number of aromatic nitrogens is 2. The Bertz CT molecular complexity index is 486. The van der Waals surface area contributed by atoms with Crippen molar-refractivity contribution in [3.8, 4) is 0 Å². The van der Waals surface area contributed by atoms with Gasteiger partial charge in [0.2, 0.25) is 5.89 Å². The number of benzene rings is 1. The van der Waals surface area contributed by atoms with Crippen molar-refractivity contribution >= 4 is 39.3 Å². The van der Waals surface area contributed by atoms with Crippen molar-refractivity contribution in [3.05, 3.63) is 40.5 Å². The van der Waals surface area contributed by atoms with Crippen molar-refractivity contribution in [2.24, 2.45) is 0 Å². The summed E-state index contributed by atoms with van der Waals surface area (Å²) in [6.45, 7) is 1.81. The molecule has 0 saturated heterocycles. The third-order valence-corrected chi connectivity index (χ3v) is 3.73. The lowest BCUT2D eigenvalue weighted by Gasteiger charge is -1.98. The van der Waals surface area contributed by atoms with E-state index in [1.807, 2.05) is 24.3 Å². The number of nitrogens with zero attached hydrogens (tertiary/aromatic N) is 2. The molecule has 1 aromatic heterocycles. The SMILES string of the molecule is CC(Cl)c1nc(CSc2ccc(Br)cc2)no1. The number of rotatable bonds is 4. The summed E-state index contributed by atoms with van der Waals surface area (Å²) >= 11 is 10.9. The van der Waals surface area contributed by atoms with E-state index in [1.54, 1.807) is 18.7 Å². The minimum Gasteiger partial charge on any atom is -0.338 e. The third kappa shape index (κ3) is 3.72. The zero-order chi connectivity index (χ0) is 12.3. The van der Waals surface area contributed by atoms with Gasteiger partial charge in [-0.3, -0.25) is 0 Å². The van der Waals surface area contributed by atoms with Crippen molar-refractivity contribution in [1.29, 1.82) is 0 Å². The van der Waals surface area contributed by atoms with E-state index in [2.05, 4.69) is 26.1 Å². The highest BCUT2D eigenvalue weighted by atomic mass is 79.9. The first-order valence-corrected chi connectivity index (χ1v) is 7.21. The first kappa shape index (κ1) is 12.9. The summed E-state index contributed by atoms with van der Waals surface area (Å²) < 4.78 is 6.09. The van der Waals surface area contributed by atoms with Crippen LogP contribution in [-0.2, 0) is 5.75 Å². The van der Waals surface area contributed by atoms with Crippen LogP contribution in [0.1, 0.15) is 24.0 Å². The van der Waals surface area contributed by atoms with Gasteiger partial charge >= 0.3 is 0 Å². The highest BCUT2D eigenvalue weighted by Crippen LogP contribution is 2.24. The van der Waals surface area contributed by atoms with Gasteiger partial charge in [-0.1, -0.05) is 21.1 Å². The van der Waals surface area contributed by atoms with Gasteiger partial charge < -0.3 is 4.52 Å². The van der Waals surface area contributed by atoms with Gasteiger partial charge in [0.1, 0.15) is 5.38 Å². The molecule has 1 aromatic carbocycles. The molecular formula is C11H10BrClN2OS. The van der Waals surface area contributed by atoms with E-state index in [4.69, 9.17) is 16.1 Å². The number of thioether (sulfide) groups is 1. The fourth-order valence-corrected chi connectivity index (χ4v) is 2.26. The summed E-state index contributed by atoms with van der Waals surface area (Å²) in [6, 6.07) is 8.09. The van der Waals surface area contributed by atoms with E-state index in [0.717, 1.165) is 4.47 Å². The summed E-state index contributed by atoms with van der Waals surface area (Å²) in [5.41, 5.74) is 0. The Balaban J connectivity index is 1.95. The monoisotopic (exact) mass is 332 g/mol. The first-order chi connectivity index (χ1) is 8.15. The van der Waals surface area contributed by atoms with Crippen molar-refractivity contribution < 1.29 is 4.52 Å². The zero-order valence-corrected chi connectivity index (χ0v) is 12.2. The molecule has 0 aliphatic rings. The van der Waals surface area contributed by atoms with E-state index < -0.39 is 0 Å². The first-order valence-electron chi connectivity index (χ1n) is 5.00. The van der Waals surface area contributed by atoms with Crippen molar-refractivity contribution in [1.82, 2.24) is 10.1 Å². The van der Waals surface area contributed by atoms with Crippen LogP contribution in [0.3, 0.4) is 0 Å². The van der Waals surface area contributed by atoms with Crippen LogP contribution in [0.15, 0.2) is 38.2 Å². The highest BCUT2D eigenvalue weighted by molar-refractivity contribution is 9.10. The van der Waals surface area contributed by atoms with Crippen molar-refractivity contribution in [2.45, 2.75) is 22.9 Å². The molecule has 0 aliphatic heterocycles. The fraction of sp³-hybridized carbons (Fsp3) is 0.273. The van der Waals surface area contributed by atoms with Crippen LogP contribution >= 0.6 is 39.3 Å². The van der Waals surface area contributed by atoms with Crippen LogP contribution in [0, 0.1) is 0 Å². The van der Waals surface area contributed by atoms with Crippen LogP contribution in [0.5, 0.6) is 0 Å². The second-order valence-electron chi connectivity index (χ2n) is 3.41. The van der Waals surface area contributed by atoms with Crippen LogP contribution < -0.4 is 0 Å². The van der Waals surface area contributed by atoms with Crippen LogP contribution in [-0.4, -0.2) is 10.1 Å². The molecule has 0 aliphatic carbocycles. The minimum atomic E-state index is -0.242. The predicted octanol–water partition coefficient (Wildman–Crippen LogP) is 4.42. The Hall–Kier alpha value is -0.520. The lowest BCUT2D eigenvalue weighted by molar-refractivity contribution is 0.375. The molecule has 0 N–H and O–H groups in total. The molecule has 1 atom stereocenters. The van der Waals surface area contributed by atoms with Crippen LogP contribution in [0.25, 0.3) is 0 Å². The quantitative estimate of drug-likeness (QED) is 0.613. The Morgan fingerprint density at radius 3 is 2.71 bits per heavy atom. The van der Waals surface area contributed by atoms with E-state index in [1.165, 1.54) is 4.90 Å². The van der Waals surface area contributed by atoms with Crippen LogP contribution in [0.4, 0.5) is 0 Å². The Labute approximate surface area is 117 Å². The van der Waals surface area contributed by atoms with Gasteiger partial charge in [-0.2, -0.15) is 4.98 Å². The molecule has 2 aromatic rings. The minimum absolute atomic E-state index is 0.242. The Kier molecular flexibility index (Phi) is 4.48. The van der Waals surface area contributed by atoms with E-state index in [0.29, 0.717) is 17.5 Å². The number of hydrogen-bond donors (Lipinski definition) is 0. The van der Waals surface area contributed by atoms with Crippen molar-refractivity contribution in [2.75, 3.05) is 0 Å². The molecule has 0 radical (unpaired) electrons. The second-order valence-corrected chi connectivity index (χ2v) is 6.03. The molecule has 0 fully saturated rings. The smallest absolute Gasteiger partial charge is 0.244 e. The molecule has 0 spiro atoms. The Morgan fingerprint density at radius 2 is 2.12 bits per heavy atom.